The van der Waals surface area contributed by atoms with Gasteiger partial charge >= 0.3 is 0 Å². The summed E-state index contributed by atoms with van der Waals surface area (Å²) < 4.78 is 5.62. The second kappa shape index (κ2) is 5.38. The van der Waals surface area contributed by atoms with E-state index < -0.39 is 5.82 Å². The van der Waals surface area contributed by atoms with E-state index in [0.717, 1.165) is 24.7 Å². The zero-order valence-corrected chi connectivity index (χ0v) is 10.1. The molecule has 1 N–H and O–H groups in total. The molecule has 17 heavy (non-hydrogen) atoms. The van der Waals surface area contributed by atoms with Gasteiger partial charge in [-0.15, -0.1) is 0 Å². The Morgan fingerprint density at radius 2 is 2.41 bits per heavy atom. The molecule has 1 aliphatic carbocycles. The number of hydrogen-bond donors (Lipinski definition) is 1. The molecule has 1 heterocycles. The van der Waals surface area contributed by atoms with E-state index in [1.807, 2.05) is 0 Å². The number of amidine groups is 1. The zero-order valence-electron chi connectivity index (χ0n) is 10.1. The van der Waals surface area contributed by atoms with Gasteiger partial charge < -0.3 is 10.1 Å². The number of amides is 1. The molecule has 4 nitrogen and oxygen atoms in total. The molecule has 1 amide bonds. The fourth-order valence-electron chi connectivity index (χ4n) is 1.49. The van der Waals surface area contributed by atoms with Crippen molar-refractivity contribution in [2.45, 2.75) is 38.4 Å². The Morgan fingerprint density at radius 3 is 2.94 bits per heavy atom. The van der Waals surface area contributed by atoms with Crippen molar-refractivity contribution in [3.8, 4) is 0 Å². The molecule has 1 aliphatic heterocycles. The van der Waals surface area contributed by atoms with E-state index in [1.54, 1.807) is 13.1 Å². The zero-order chi connectivity index (χ0) is 12.3. The number of rotatable bonds is 4. The summed E-state index contributed by atoms with van der Waals surface area (Å²) in [4.78, 5) is 15.5. The van der Waals surface area contributed by atoms with Crippen LogP contribution in [0.1, 0.15) is 32.6 Å². The van der Waals surface area contributed by atoms with E-state index in [2.05, 4.69) is 10.3 Å². The van der Waals surface area contributed by atoms with Crippen LogP contribution in [0.25, 0.3) is 0 Å². The SMILES string of the molecule is [B]C(C)C(=O)NC1=NC=C(OCC2CC2)CC1. The molecule has 0 bridgehead atoms. The summed E-state index contributed by atoms with van der Waals surface area (Å²) in [6.45, 7) is 2.46. The number of aliphatic imine (C=N–C) groups is 1. The Kier molecular flexibility index (Phi) is 3.87. The average molecular weight is 232 g/mol. The molecule has 2 aliphatic rings. The van der Waals surface area contributed by atoms with Crippen LogP contribution in [-0.2, 0) is 9.53 Å². The van der Waals surface area contributed by atoms with Crippen molar-refractivity contribution in [1.82, 2.24) is 5.32 Å². The summed E-state index contributed by atoms with van der Waals surface area (Å²) in [5, 5.41) is 2.70. The first-order valence-corrected chi connectivity index (χ1v) is 6.10. The summed E-state index contributed by atoms with van der Waals surface area (Å²) in [7, 11) is 5.46. The van der Waals surface area contributed by atoms with Crippen LogP contribution in [0.2, 0.25) is 5.82 Å². The predicted molar refractivity (Wildman–Crippen MR) is 66.7 cm³/mol. The lowest BCUT2D eigenvalue weighted by Gasteiger charge is -2.16. The molecule has 1 saturated carbocycles. The number of allylic oxidation sites excluding steroid dienone is 1. The first-order valence-electron chi connectivity index (χ1n) is 6.10. The van der Waals surface area contributed by atoms with E-state index in [4.69, 9.17) is 12.6 Å². The van der Waals surface area contributed by atoms with E-state index in [0.29, 0.717) is 12.3 Å². The van der Waals surface area contributed by atoms with Crippen molar-refractivity contribution in [1.29, 1.82) is 0 Å². The highest BCUT2D eigenvalue weighted by atomic mass is 16.5. The van der Waals surface area contributed by atoms with E-state index in [9.17, 15) is 4.79 Å². The van der Waals surface area contributed by atoms with Gasteiger partial charge in [-0.3, -0.25) is 4.79 Å². The standard InChI is InChI=1S/C12H17BN2O2/c1-8(13)12(16)15-11-5-4-10(6-14-11)17-7-9-2-3-9/h6,8-9H,2-5,7H2,1H3,(H,14,15,16). The molecule has 5 heteroatoms. The monoisotopic (exact) mass is 232 g/mol. The average Bonchev–Trinajstić information content (AvgIpc) is 3.12. The second-order valence-electron chi connectivity index (χ2n) is 4.70. The third kappa shape index (κ3) is 3.91. The third-order valence-corrected chi connectivity index (χ3v) is 2.85. The van der Waals surface area contributed by atoms with Crippen LogP contribution >= 0.6 is 0 Å². The first kappa shape index (κ1) is 12.2. The molecule has 0 aromatic carbocycles. The lowest BCUT2D eigenvalue weighted by molar-refractivity contribution is -0.119. The third-order valence-electron chi connectivity index (χ3n) is 2.85. The van der Waals surface area contributed by atoms with Crippen molar-refractivity contribution in [2.24, 2.45) is 10.9 Å². The number of hydrogen-bond acceptors (Lipinski definition) is 3. The van der Waals surface area contributed by atoms with Crippen molar-refractivity contribution in [3.63, 3.8) is 0 Å². The molecular weight excluding hydrogens is 215 g/mol. The maximum atomic E-state index is 11.3. The molecule has 90 valence electrons. The lowest BCUT2D eigenvalue weighted by Crippen LogP contribution is -2.33. The lowest BCUT2D eigenvalue weighted by atomic mass is 9.89. The normalized spacial score (nSPS) is 21.2. The van der Waals surface area contributed by atoms with Gasteiger partial charge in [-0.05, 0) is 24.6 Å². The van der Waals surface area contributed by atoms with Crippen molar-refractivity contribution >= 4 is 19.6 Å². The van der Waals surface area contributed by atoms with Crippen molar-refractivity contribution in [3.05, 3.63) is 12.0 Å². The molecular formula is C12H17BN2O2. The summed E-state index contributed by atoms with van der Waals surface area (Å²) in [5.41, 5.74) is 0. The van der Waals surface area contributed by atoms with Crippen molar-refractivity contribution < 1.29 is 9.53 Å². The number of nitrogens with one attached hydrogen (secondary N) is 1. The number of ether oxygens (including phenoxy) is 1. The topological polar surface area (TPSA) is 50.7 Å². The fraction of sp³-hybridized carbons (Fsp3) is 0.667. The molecule has 0 aromatic heterocycles. The fourth-order valence-corrected chi connectivity index (χ4v) is 1.49. The minimum Gasteiger partial charge on any atom is -0.496 e. The minimum absolute atomic E-state index is 0.195. The second-order valence-corrected chi connectivity index (χ2v) is 4.70. The van der Waals surface area contributed by atoms with Gasteiger partial charge in [-0.1, -0.05) is 6.92 Å². The highest BCUT2D eigenvalue weighted by Gasteiger charge is 2.22. The van der Waals surface area contributed by atoms with Crippen LogP contribution in [0.3, 0.4) is 0 Å². The van der Waals surface area contributed by atoms with Gasteiger partial charge in [-0.2, -0.15) is 0 Å². The van der Waals surface area contributed by atoms with Gasteiger partial charge in [0.1, 0.15) is 11.6 Å². The summed E-state index contributed by atoms with van der Waals surface area (Å²) >= 11 is 0. The number of nitrogens with zero attached hydrogens (tertiary/aromatic N) is 1. The molecule has 0 spiro atoms. The quantitative estimate of drug-likeness (QED) is 0.747. The van der Waals surface area contributed by atoms with Gasteiger partial charge in [0.25, 0.3) is 0 Å². The maximum absolute atomic E-state index is 11.3. The first-order chi connectivity index (χ1) is 8.15. The van der Waals surface area contributed by atoms with Crippen LogP contribution in [0.5, 0.6) is 0 Å². The molecule has 1 unspecified atom stereocenters. The van der Waals surface area contributed by atoms with E-state index >= 15 is 0 Å². The summed E-state index contributed by atoms with van der Waals surface area (Å²) in [5.74, 6) is 1.63. The Balaban J connectivity index is 1.79. The maximum Gasteiger partial charge on any atom is 0.219 e. The molecule has 0 saturated heterocycles. The highest BCUT2D eigenvalue weighted by molar-refractivity contribution is 6.25. The smallest absolute Gasteiger partial charge is 0.219 e. The van der Waals surface area contributed by atoms with Crippen LogP contribution in [0, 0.1) is 5.92 Å². The van der Waals surface area contributed by atoms with Crippen LogP contribution < -0.4 is 5.32 Å². The van der Waals surface area contributed by atoms with Crippen LogP contribution in [0.4, 0.5) is 0 Å². The Bertz CT molecular complexity index is 360. The van der Waals surface area contributed by atoms with Crippen molar-refractivity contribution in [2.75, 3.05) is 6.61 Å². The van der Waals surface area contributed by atoms with Crippen LogP contribution in [-0.4, -0.2) is 26.2 Å². The molecule has 2 rings (SSSR count). The van der Waals surface area contributed by atoms with Gasteiger partial charge in [0.2, 0.25) is 5.91 Å². The van der Waals surface area contributed by atoms with Gasteiger partial charge in [0.15, 0.2) is 0 Å². The molecule has 0 aromatic rings. The summed E-state index contributed by atoms with van der Waals surface area (Å²) in [6.07, 6.45) is 5.76. The van der Waals surface area contributed by atoms with Gasteiger partial charge in [0, 0.05) is 12.8 Å². The number of carbonyl (C=O) groups is 1. The minimum atomic E-state index is -0.505. The van der Waals surface area contributed by atoms with Crippen LogP contribution in [0.15, 0.2) is 17.0 Å². The molecule has 1 atom stereocenters. The van der Waals surface area contributed by atoms with Gasteiger partial charge in [-0.25, -0.2) is 4.99 Å². The summed E-state index contributed by atoms with van der Waals surface area (Å²) in [6, 6.07) is 0. The Hall–Kier alpha value is -1.26. The molecule has 2 radical (unpaired) electrons. The van der Waals surface area contributed by atoms with E-state index in [1.165, 1.54) is 12.8 Å². The predicted octanol–water partition coefficient (Wildman–Crippen LogP) is 1.54. The highest BCUT2D eigenvalue weighted by Crippen LogP contribution is 2.30. The Morgan fingerprint density at radius 1 is 1.65 bits per heavy atom. The molecule has 1 fully saturated rings. The largest absolute Gasteiger partial charge is 0.496 e. The van der Waals surface area contributed by atoms with E-state index in [-0.39, 0.29) is 5.91 Å². The number of carbonyl (C=O) groups excluding carboxylic acids is 1. The Labute approximate surface area is 103 Å². The van der Waals surface area contributed by atoms with Gasteiger partial charge in [0.05, 0.1) is 20.7 Å².